The van der Waals surface area contributed by atoms with Gasteiger partial charge in [0.05, 0.1) is 11.5 Å². The zero-order valence-electron chi connectivity index (χ0n) is 10.9. The van der Waals surface area contributed by atoms with Gasteiger partial charge in [-0.15, -0.1) is 0 Å². The van der Waals surface area contributed by atoms with E-state index >= 15 is 0 Å². The molecule has 0 aliphatic heterocycles. The third-order valence-corrected chi connectivity index (χ3v) is 3.51. The van der Waals surface area contributed by atoms with Gasteiger partial charge in [-0.05, 0) is 30.7 Å². The lowest BCUT2D eigenvalue weighted by Crippen LogP contribution is -2.15. The van der Waals surface area contributed by atoms with Crippen LogP contribution < -0.4 is 10.1 Å². The lowest BCUT2D eigenvalue weighted by molar-refractivity contribution is -0.385. The number of ether oxygens (including phenoxy) is 1. The van der Waals surface area contributed by atoms with Crippen LogP contribution in [0, 0.1) is 10.1 Å². The molecule has 0 aromatic heterocycles. The molecular formula is C13H18N2O3S. The van der Waals surface area contributed by atoms with Crippen LogP contribution in [0.5, 0.6) is 5.75 Å². The molecule has 0 saturated heterocycles. The van der Waals surface area contributed by atoms with E-state index in [1.54, 1.807) is 23.9 Å². The highest BCUT2D eigenvalue weighted by atomic mass is 32.2. The molecule has 1 aliphatic rings. The van der Waals surface area contributed by atoms with Crippen LogP contribution in [-0.4, -0.2) is 29.6 Å². The highest BCUT2D eigenvalue weighted by Gasteiger charge is 2.21. The normalized spacial score (nSPS) is 14.4. The highest BCUT2D eigenvalue weighted by Crippen LogP contribution is 2.28. The minimum absolute atomic E-state index is 0.0520. The minimum Gasteiger partial charge on any atom is -0.486 e. The fourth-order valence-corrected chi connectivity index (χ4v) is 1.97. The van der Waals surface area contributed by atoms with E-state index in [-0.39, 0.29) is 10.6 Å². The Kier molecular flexibility index (Phi) is 5.04. The molecular weight excluding hydrogens is 264 g/mol. The second kappa shape index (κ2) is 6.77. The van der Waals surface area contributed by atoms with Gasteiger partial charge in [-0.25, -0.2) is 0 Å². The molecule has 0 radical (unpaired) electrons. The molecule has 5 nitrogen and oxygen atoms in total. The van der Waals surface area contributed by atoms with Crippen molar-refractivity contribution in [2.45, 2.75) is 25.4 Å². The van der Waals surface area contributed by atoms with Gasteiger partial charge in [0, 0.05) is 24.4 Å². The minimum atomic E-state index is -0.380. The van der Waals surface area contributed by atoms with Gasteiger partial charge in [0.25, 0.3) is 0 Å². The van der Waals surface area contributed by atoms with Crippen molar-refractivity contribution >= 4 is 17.4 Å². The largest absolute Gasteiger partial charge is 0.486 e. The summed E-state index contributed by atoms with van der Waals surface area (Å²) >= 11 is 1.65. The Morgan fingerprint density at radius 3 is 2.95 bits per heavy atom. The zero-order valence-corrected chi connectivity index (χ0v) is 11.7. The SMILES string of the molecule is CSCCOc1ccc(CNC2CC2)cc1[N+](=O)[O-]. The summed E-state index contributed by atoms with van der Waals surface area (Å²) in [5, 5.41) is 14.4. The van der Waals surface area contributed by atoms with Crippen LogP contribution >= 0.6 is 11.8 Å². The number of nitro benzene ring substituents is 1. The van der Waals surface area contributed by atoms with E-state index in [0.717, 1.165) is 11.3 Å². The summed E-state index contributed by atoms with van der Waals surface area (Å²) in [6.45, 7) is 1.16. The first-order valence-corrected chi connectivity index (χ1v) is 7.72. The quantitative estimate of drug-likeness (QED) is 0.451. The molecule has 2 rings (SSSR count). The summed E-state index contributed by atoms with van der Waals surface area (Å²) in [5.41, 5.74) is 0.979. The molecule has 6 heteroatoms. The first kappa shape index (κ1) is 14.1. The number of nitrogens with zero attached hydrogens (tertiary/aromatic N) is 1. The first-order chi connectivity index (χ1) is 9.20. The topological polar surface area (TPSA) is 64.4 Å². The van der Waals surface area contributed by atoms with E-state index in [4.69, 9.17) is 4.74 Å². The monoisotopic (exact) mass is 282 g/mol. The van der Waals surface area contributed by atoms with Crippen molar-refractivity contribution in [3.05, 3.63) is 33.9 Å². The van der Waals surface area contributed by atoms with Crippen molar-refractivity contribution in [2.75, 3.05) is 18.6 Å². The molecule has 1 N–H and O–H groups in total. The fraction of sp³-hybridized carbons (Fsp3) is 0.538. The maximum atomic E-state index is 11.1. The summed E-state index contributed by atoms with van der Waals surface area (Å²) in [6.07, 6.45) is 4.39. The van der Waals surface area contributed by atoms with E-state index in [9.17, 15) is 10.1 Å². The molecule has 0 heterocycles. The van der Waals surface area contributed by atoms with E-state index < -0.39 is 0 Å². The molecule has 0 spiro atoms. The van der Waals surface area contributed by atoms with Crippen LogP contribution in [0.25, 0.3) is 0 Å². The number of benzene rings is 1. The summed E-state index contributed by atoms with van der Waals surface area (Å²) in [4.78, 5) is 10.7. The third-order valence-electron chi connectivity index (χ3n) is 2.94. The average Bonchev–Trinajstić information content (AvgIpc) is 3.21. The van der Waals surface area contributed by atoms with Gasteiger partial charge in [0.2, 0.25) is 0 Å². The van der Waals surface area contributed by atoms with Gasteiger partial charge >= 0.3 is 5.69 Å². The predicted octanol–water partition coefficient (Wildman–Crippen LogP) is 2.59. The van der Waals surface area contributed by atoms with Crippen molar-refractivity contribution < 1.29 is 9.66 Å². The van der Waals surface area contributed by atoms with Crippen molar-refractivity contribution in [3.63, 3.8) is 0 Å². The standard InChI is InChI=1S/C13H18N2O3S/c1-19-7-6-18-13-5-2-10(8-12(13)15(16)17)9-14-11-3-4-11/h2,5,8,11,14H,3-4,6-7,9H2,1H3. The molecule has 1 saturated carbocycles. The molecule has 1 fully saturated rings. The molecule has 0 atom stereocenters. The summed E-state index contributed by atoms with van der Waals surface area (Å²) < 4.78 is 5.45. The van der Waals surface area contributed by atoms with E-state index in [2.05, 4.69) is 5.32 Å². The maximum absolute atomic E-state index is 11.1. The first-order valence-electron chi connectivity index (χ1n) is 6.33. The maximum Gasteiger partial charge on any atom is 0.311 e. The van der Waals surface area contributed by atoms with Gasteiger partial charge in [0.15, 0.2) is 5.75 Å². The molecule has 104 valence electrons. The molecule has 1 aromatic rings. The number of thioether (sulfide) groups is 1. The summed E-state index contributed by atoms with van der Waals surface area (Å²) in [6, 6.07) is 5.78. The van der Waals surface area contributed by atoms with Crippen molar-refractivity contribution in [1.29, 1.82) is 0 Å². The Morgan fingerprint density at radius 1 is 1.53 bits per heavy atom. The van der Waals surface area contributed by atoms with Crippen LogP contribution in [0.3, 0.4) is 0 Å². The van der Waals surface area contributed by atoms with Gasteiger partial charge in [-0.1, -0.05) is 6.07 Å². The molecule has 1 aromatic carbocycles. The molecule has 1 aliphatic carbocycles. The van der Waals surface area contributed by atoms with E-state index in [0.29, 0.717) is 24.9 Å². The van der Waals surface area contributed by atoms with Crippen LogP contribution in [0.2, 0.25) is 0 Å². The number of nitrogens with one attached hydrogen (secondary N) is 1. The second-order valence-electron chi connectivity index (χ2n) is 4.56. The molecule has 19 heavy (non-hydrogen) atoms. The fourth-order valence-electron chi connectivity index (χ4n) is 1.72. The van der Waals surface area contributed by atoms with Gasteiger partial charge in [0.1, 0.15) is 0 Å². The average molecular weight is 282 g/mol. The molecule has 0 unspecified atom stereocenters. The van der Waals surface area contributed by atoms with E-state index in [1.807, 2.05) is 12.3 Å². The van der Waals surface area contributed by atoms with Crippen LogP contribution in [-0.2, 0) is 6.54 Å². The predicted molar refractivity (Wildman–Crippen MR) is 76.8 cm³/mol. The molecule has 0 amide bonds. The van der Waals surface area contributed by atoms with Crippen molar-refractivity contribution in [1.82, 2.24) is 5.32 Å². The molecule has 0 bridgehead atoms. The van der Waals surface area contributed by atoms with Crippen molar-refractivity contribution in [3.8, 4) is 5.75 Å². The second-order valence-corrected chi connectivity index (χ2v) is 5.54. The van der Waals surface area contributed by atoms with Gasteiger partial charge in [-0.3, -0.25) is 10.1 Å². The summed E-state index contributed by atoms with van der Waals surface area (Å²) in [5.74, 6) is 1.18. The zero-order chi connectivity index (χ0) is 13.7. The number of nitro groups is 1. The third kappa shape index (κ3) is 4.40. The Hall–Kier alpha value is -1.27. The number of hydrogen-bond acceptors (Lipinski definition) is 5. The Labute approximate surface area is 116 Å². The Bertz CT molecular complexity index is 450. The lowest BCUT2D eigenvalue weighted by Gasteiger charge is -2.08. The highest BCUT2D eigenvalue weighted by molar-refractivity contribution is 7.98. The Balaban J connectivity index is 2.02. The number of hydrogen-bond donors (Lipinski definition) is 1. The van der Waals surface area contributed by atoms with E-state index in [1.165, 1.54) is 12.8 Å². The van der Waals surface area contributed by atoms with Crippen LogP contribution in [0.4, 0.5) is 5.69 Å². The van der Waals surface area contributed by atoms with Gasteiger partial charge < -0.3 is 10.1 Å². The number of rotatable bonds is 8. The van der Waals surface area contributed by atoms with Crippen LogP contribution in [0.1, 0.15) is 18.4 Å². The smallest absolute Gasteiger partial charge is 0.311 e. The lowest BCUT2D eigenvalue weighted by atomic mass is 10.2. The van der Waals surface area contributed by atoms with Gasteiger partial charge in [-0.2, -0.15) is 11.8 Å². The summed E-state index contributed by atoms with van der Waals surface area (Å²) in [7, 11) is 0. The van der Waals surface area contributed by atoms with Crippen LogP contribution in [0.15, 0.2) is 18.2 Å². The Morgan fingerprint density at radius 2 is 2.32 bits per heavy atom. The van der Waals surface area contributed by atoms with Crippen molar-refractivity contribution in [2.24, 2.45) is 0 Å².